The molecule has 0 unspecified atom stereocenters. The molecule has 0 aliphatic heterocycles. The highest BCUT2D eigenvalue weighted by Crippen LogP contribution is 2.11. The van der Waals surface area contributed by atoms with Crippen molar-refractivity contribution in [2.24, 2.45) is 5.92 Å². The molecule has 60 valence electrons. The van der Waals surface area contributed by atoms with Crippen LogP contribution in [0.15, 0.2) is 0 Å². The summed E-state index contributed by atoms with van der Waals surface area (Å²) >= 11 is 0. The Labute approximate surface area is 64.3 Å². The topological polar surface area (TPSA) is 23.9 Å². The van der Waals surface area contributed by atoms with Crippen LogP contribution in [0.4, 0.5) is 0 Å². The first-order valence-corrected chi connectivity index (χ1v) is 4.33. The van der Waals surface area contributed by atoms with Crippen LogP contribution in [0.3, 0.4) is 0 Å². The predicted octanol–water partition coefficient (Wildman–Crippen LogP) is 3.24. The Balaban J connectivity index is 3.65. The summed E-state index contributed by atoms with van der Waals surface area (Å²) in [6, 6.07) is 0. The maximum atomic E-state index is 7.65. The van der Waals surface area contributed by atoms with Gasteiger partial charge in [-0.3, -0.25) is 0 Å². The average molecular weight is 141 g/mol. The summed E-state index contributed by atoms with van der Waals surface area (Å²) < 4.78 is 0. The molecule has 0 spiro atoms. The van der Waals surface area contributed by atoms with Gasteiger partial charge in [-0.05, 0) is 25.2 Å². The highest BCUT2D eigenvalue weighted by atomic mass is 14.4. The van der Waals surface area contributed by atoms with Gasteiger partial charge in [-0.2, -0.15) is 0 Å². The molecule has 0 bridgehead atoms. The van der Waals surface area contributed by atoms with E-state index in [1.165, 1.54) is 0 Å². The Morgan fingerprint density at radius 3 is 2.00 bits per heavy atom. The van der Waals surface area contributed by atoms with Gasteiger partial charge in [0.05, 0.1) is 0 Å². The molecule has 0 amide bonds. The third-order valence-corrected chi connectivity index (χ3v) is 2.00. The fourth-order valence-electron chi connectivity index (χ4n) is 1.25. The van der Waals surface area contributed by atoms with Gasteiger partial charge in [0.2, 0.25) is 0 Å². The zero-order valence-electron chi connectivity index (χ0n) is 7.41. The van der Waals surface area contributed by atoms with E-state index in [0.29, 0.717) is 5.92 Å². The first kappa shape index (κ1) is 9.67. The van der Waals surface area contributed by atoms with Crippen LogP contribution in [0, 0.1) is 11.3 Å². The molecule has 0 aliphatic carbocycles. The highest BCUT2D eigenvalue weighted by Gasteiger charge is 2.07. The molecule has 0 aromatic rings. The van der Waals surface area contributed by atoms with E-state index in [1.807, 2.05) is 0 Å². The van der Waals surface area contributed by atoms with E-state index in [0.717, 1.165) is 31.4 Å². The first-order valence-electron chi connectivity index (χ1n) is 4.33. The normalized spacial score (nSPS) is 10.4. The minimum Gasteiger partial charge on any atom is -0.309 e. The van der Waals surface area contributed by atoms with Crippen LogP contribution in [0.25, 0.3) is 0 Å². The molecule has 0 aliphatic rings. The molecule has 0 aromatic heterocycles. The van der Waals surface area contributed by atoms with Crippen LogP contribution in [0.1, 0.15) is 46.5 Å². The van der Waals surface area contributed by atoms with Crippen LogP contribution < -0.4 is 0 Å². The molecule has 0 aromatic carbocycles. The van der Waals surface area contributed by atoms with Crippen LogP contribution in [-0.4, -0.2) is 5.71 Å². The lowest BCUT2D eigenvalue weighted by molar-refractivity contribution is 0.624. The molecule has 1 N–H and O–H groups in total. The van der Waals surface area contributed by atoms with Crippen molar-refractivity contribution in [1.82, 2.24) is 0 Å². The summed E-state index contributed by atoms with van der Waals surface area (Å²) in [4.78, 5) is 0. The van der Waals surface area contributed by atoms with Crippen LogP contribution in [0.2, 0.25) is 0 Å². The zero-order chi connectivity index (χ0) is 7.98. The number of hydrogen-bond donors (Lipinski definition) is 1. The lowest BCUT2D eigenvalue weighted by Gasteiger charge is -2.12. The summed E-state index contributed by atoms with van der Waals surface area (Å²) in [6.45, 7) is 6.47. The van der Waals surface area contributed by atoms with Gasteiger partial charge in [-0.25, -0.2) is 0 Å². The second-order valence-electron chi connectivity index (χ2n) is 2.79. The maximum Gasteiger partial charge on any atom is 0.0120 e. The molecule has 10 heavy (non-hydrogen) atoms. The largest absolute Gasteiger partial charge is 0.309 e. The minimum atomic E-state index is 0.556. The highest BCUT2D eigenvalue weighted by molar-refractivity contribution is 5.83. The van der Waals surface area contributed by atoms with E-state index in [1.54, 1.807) is 0 Å². The van der Waals surface area contributed by atoms with Crippen molar-refractivity contribution < 1.29 is 0 Å². The van der Waals surface area contributed by atoms with Gasteiger partial charge >= 0.3 is 0 Å². The second kappa shape index (κ2) is 5.45. The van der Waals surface area contributed by atoms with Crippen molar-refractivity contribution >= 4 is 5.71 Å². The molecular weight excluding hydrogens is 122 g/mol. The number of hydrogen-bond acceptors (Lipinski definition) is 1. The van der Waals surface area contributed by atoms with Crippen molar-refractivity contribution in [2.75, 3.05) is 0 Å². The Bertz CT molecular complexity index is 92.9. The lowest BCUT2D eigenvalue weighted by atomic mass is 9.95. The smallest absolute Gasteiger partial charge is 0.0120 e. The molecule has 1 heteroatoms. The molecule has 0 heterocycles. The fraction of sp³-hybridized carbons (Fsp3) is 0.889. The first-order chi connectivity index (χ1) is 4.76. The van der Waals surface area contributed by atoms with Crippen molar-refractivity contribution in [3.8, 4) is 0 Å². The van der Waals surface area contributed by atoms with Crippen molar-refractivity contribution in [2.45, 2.75) is 46.5 Å². The average Bonchev–Trinajstić information content (AvgIpc) is 1.91. The van der Waals surface area contributed by atoms with E-state index in [4.69, 9.17) is 5.41 Å². The van der Waals surface area contributed by atoms with Crippen molar-refractivity contribution in [3.05, 3.63) is 0 Å². The Kier molecular flexibility index (Phi) is 5.27. The van der Waals surface area contributed by atoms with E-state index >= 15 is 0 Å². The molecule has 0 radical (unpaired) electrons. The monoisotopic (exact) mass is 141 g/mol. The van der Waals surface area contributed by atoms with Gasteiger partial charge < -0.3 is 5.41 Å². The molecule has 0 rings (SSSR count). The van der Waals surface area contributed by atoms with Gasteiger partial charge in [0.25, 0.3) is 0 Å². The molecule has 0 saturated carbocycles. The van der Waals surface area contributed by atoms with Gasteiger partial charge in [0.1, 0.15) is 0 Å². The quantitative estimate of drug-likeness (QED) is 0.568. The lowest BCUT2D eigenvalue weighted by Crippen LogP contribution is -2.10. The van der Waals surface area contributed by atoms with E-state index in [9.17, 15) is 0 Å². The molecule has 0 saturated heterocycles. The number of nitrogens with one attached hydrogen (secondary N) is 1. The standard InChI is InChI=1S/C9H19N/c1-4-7-9(10)8(5-2)6-3/h8,10H,4-7H2,1-3H3. The summed E-state index contributed by atoms with van der Waals surface area (Å²) in [5.74, 6) is 0.556. The number of rotatable bonds is 5. The molecule has 1 nitrogen and oxygen atoms in total. The van der Waals surface area contributed by atoms with Crippen molar-refractivity contribution in [1.29, 1.82) is 5.41 Å². The molecule has 0 fully saturated rings. The van der Waals surface area contributed by atoms with Crippen LogP contribution in [0.5, 0.6) is 0 Å². The third kappa shape index (κ3) is 3.00. The summed E-state index contributed by atoms with van der Waals surface area (Å²) in [5, 5.41) is 7.65. The fourth-order valence-corrected chi connectivity index (χ4v) is 1.25. The van der Waals surface area contributed by atoms with E-state index < -0.39 is 0 Å². The van der Waals surface area contributed by atoms with E-state index in [2.05, 4.69) is 20.8 Å². The maximum absolute atomic E-state index is 7.65. The molecular formula is C9H19N. The summed E-state index contributed by atoms with van der Waals surface area (Å²) in [5.41, 5.74) is 0.951. The predicted molar refractivity (Wildman–Crippen MR) is 46.7 cm³/mol. The van der Waals surface area contributed by atoms with Gasteiger partial charge in [0.15, 0.2) is 0 Å². The SMILES string of the molecule is CCCC(=N)C(CC)CC. The van der Waals surface area contributed by atoms with Gasteiger partial charge in [0, 0.05) is 5.71 Å². The van der Waals surface area contributed by atoms with Crippen LogP contribution in [-0.2, 0) is 0 Å². The Morgan fingerprint density at radius 1 is 1.20 bits per heavy atom. The summed E-state index contributed by atoms with van der Waals surface area (Å²) in [7, 11) is 0. The zero-order valence-corrected chi connectivity index (χ0v) is 7.41. The minimum absolute atomic E-state index is 0.556. The summed E-state index contributed by atoms with van der Waals surface area (Å²) in [6.07, 6.45) is 4.38. The van der Waals surface area contributed by atoms with Crippen LogP contribution >= 0.6 is 0 Å². The Hall–Kier alpha value is -0.330. The molecule has 0 atom stereocenters. The van der Waals surface area contributed by atoms with Gasteiger partial charge in [-0.1, -0.05) is 27.2 Å². The third-order valence-electron chi connectivity index (χ3n) is 2.00. The van der Waals surface area contributed by atoms with Crippen molar-refractivity contribution in [3.63, 3.8) is 0 Å². The second-order valence-corrected chi connectivity index (χ2v) is 2.79. The Morgan fingerprint density at radius 2 is 1.70 bits per heavy atom. The van der Waals surface area contributed by atoms with Gasteiger partial charge in [-0.15, -0.1) is 0 Å². The van der Waals surface area contributed by atoms with E-state index in [-0.39, 0.29) is 0 Å².